The number of nitrogens with one attached hydrogen (secondary N) is 1. The average molecular weight is 425 g/mol. The highest BCUT2D eigenvalue weighted by atomic mass is 19.4. The maximum absolute atomic E-state index is 13.5. The van der Waals surface area contributed by atoms with E-state index < -0.39 is 23.6 Å². The largest absolute Gasteiger partial charge is 0.418 e. The molecule has 158 valence electrons. The van der Waals surface area contributed by atoms with Gasteiger partial charge in [-0.05, 0) is 55.8 Å². The first kappa shape index (κ1) is 20.5. The molecule has 0 unspecified atom stereocenters. The zero-order valence-electron chi connectivity index (χ0n) is 16.7. The summed E-state index contributed by atoms with van der Waals surface area (Å²) in [6, 6.07) is 15.6. The Bertz CT molecular complexity index is 1210. The molecule has 1 aliphatic heterocycles. The Hall–Kier alpha value is -3.81. The number of nitrogens with zero attached hydrogens (tertiary/aromatic N) is 2. The van der Waals surface area contributed by atoms with Crippen molar-refractivity contribution in [2.75, 3.05) is 5.01 Å². The van der Waals surface area contributed by atoms with Crippen molar-refractivity contribution in [2.24, 2.45) is 0 Å². The normalized spacial score (nSPS) is 15.6. The molecule has 1 saturated heterocycles. The van der Waals surface area contributed by atoms with Gasteiger partial charge in [-0.25, -0.2) is 5.01 Å². The zero-order valence-corrected chi connectivity index (χ0v) is 16.7. The number of halogens is 3. The third-order valence-corrected chi connectivity index (χ3v) is 5.13. The number of carbonyl (C=O) groups excluding carboxylic acids is 2. The van der Waals surface area contributed by atoms with Crippen LogP contribution in [0.2, 0.25) is 0 Å². The van der Waals surface area contributed by atoms with Gasteiger partial charge in [0.15, 0.2) is 0 Å². The number of hydrogen-bond donors (Lipinski definition) is 1. The van der Waals surface area contributed by atoms with Crippen LogP contribution in [0.3, 0.4) is 0 Å². The van der Waals surface area contributed by atoms with Crippen molar-refractivity contribution < 1.29 is 22.8 Å². The van der Waals surface area contributed by atoms with Crippen LogP contribution in [-0.4, -0.2) is 16.4 Å². The van der Waals surface area contributed by atoms with Crippen molar-refractivity contribution in [2.45, 2.75) is 20.0 Å². The Balaban J connectivity index is 1.77. The lowest BCUT2D eigenvalue weighted by atomic mass is 10.1. The van der Waals surface area contributed by atoms with Crippen LogP contribution in [0, 0.1) is 13.8 Å². The van der Waals surface area contributed by atoms with E-state index in [1.54, 1.807) is 50.2 Å². The molecular formula is C23H18F3N3O2. The number of alkyl halides is 3. The molecule has 0 aliphatic carbocycles. The van der Waals surface area contributed by atoms with Crippen molar-refractivity contribution in [3.05, 3.63) is 88.8 Å². The summed E-state index contributed by atoms with van der Waals surface area (Å²) >= 11 is 0. The van der Waals surface area contributed by atoms with E-state index in [9.17, 15) is 22.8 Å². The summed E-state index contributed by atoms with van der Waals surface area (Å²) in [6.07, 6.45) is -3.11. The Morgan fingerprint density at radius 3 is 2.26 bits per heavy atom. The van der Waals surface area contributed by atoms with Crippen LogP contribution in [0.4, 0.5) is 18.9 Å². The third kappa shape index (κ3) is 3.61. The topological polar surface area (TPSA) is 54.3 Å². The molecule has 2 amide bonds. The van der Waals surface area contributed by atoms with Crippen LogP contribution in [0.5, 0.6) is 0 Å². The number of hydrogen-bond acceptors (Lipinski definition) is 2. The Kier molecular flexibility index (Phi) is 4.93. The summed E-state index contributed by atoms with van der Waals surface area (Å²) in [5.41, 5.74) is 3.68. The van der Waals surface area contributed by atoms with E-state index >= 15 is 0 Å². The van der Waals surface area contributed by atoms with E-state index in [2.05, 4.69) is 5.43 Å². The van der Waals surface area contributed by atoms with Gasteiger partial charge in [-0.3, -0.25) is 15.0 Å². The molecule has 1 N–H and O–H groups in total. The molecule has 1 aromatic heterocycles. The number of amides is 2. The van der Waals surface area contributed by atoms with Gasteiger partial charge in [-0.15, -0.1) is 0 Å². The number of carbonyl (C=O) groups is 2. The van der Waals surface area contributed by atoms with Crippen molar-refractivity contribution in [1.29, 1.82) is 0 Å². The third-order valence-electron chi connectivity index (χ3n) is 5.13. The van der Waals surface area contributed by atoms with Gasteiger partial charge in [0.25, 0.3) is 11.8 Å². The van der Waals surface area contributed by atoms with Gasteiger partial charge in [0, 0.05) is 11.4 Å². The van der Waals surface area contributed by atoms with Crippen LogP contribution in [0.25, 0.3) is 11.8 Å². The van der Waals surface area contributed by atoms with Crippen molar-refractivity contribution in [3.63, 3.8) is 0 Å². The monoisotopic (exact) mass is 425 g/mol. The fraction of sp³-hybridized carbons (Fsp3) is 0.130. The van der Waals surface area contributed by atoms with E-state index in [-0.39, 0.29) is 11.3 Å². The first-order valence-corrected chi connectivity index (χ1v) is 9.46. The standard InChI is InChI=1S/C23H18F3N3O2/c1-14-12-16(15(2)28(14)20-11-7-6-10-19(20)23(24,25)26)13-18-21(30)27-29(22(18)31)17-8-4-3-5-9-17/h3-13H,1-2H3,(H,27,30)/b18-13-. The summed E-state index contributed by atoms with van der Waals surface area (Å²) in [5.74, 6) is -1.11. The molecule has 8 heteroatoms. The maximum atomic E-state index is 13.5. The molecule has 2 aromatic carbocycles. The molecule has 0 atom stereocenters. The van der Waals surface area contributed by atoms with Gasteiger partial charge in [0.1, 0.15) is 5.57 Å². The van der Waals surface area contributed by atoms with E-state index in [0.717, 1.165) is 11.1 Å². The van der Waals surface area contributed by atoms with Gasteiger partial charge in [0.2, 0.25) is 0 Å². The molecule has 1 aliphatic rings. The number of benzene rings is 2. The van der Waals surface area contributed by atoms with E-state index in [1.165, 1.54) is 28.8 Å². The summed E-state index contributed by atoms with van der Waals surface area (Å²) < 4.78 is 42.0. The van der Waals surface area contributed by atoms with Crippen LogP contribution in [-0.2, 0) is 15.8 Å². The molecule has 3 aromatic rings. The first-order chi connectivity index (χ1) is 14.7. The van der Waals surface area contributed by atoms with E-state index in [4.69, 9.17) is 0 Å². The van der Waals surface area contributed by atoms with Gasteiger partial charge >= 0.3 is 6.18 Å². The molecule has 0 spiro atoms. The quantitative estimate of drug-likeness (QED) is 0.494. The number of anilines is 1. The van der Waals surface area contributed by atoms with Crippen molar-refractivity contribution in [3.8, 4) is 5.69 Å². The second-order valence-corrected chi connectivity index (χ2v) is 7.15. The summed E-state index contributed by atoms with van der Waals surface area (Å²) in [4.78, 5) is 25.2. The molecular weight excluding hydrogens is 407 g/mol. The SMILES string of the molecule is Cc1cc(/C=C2/C(=O)NN(c3ccccc3)C2=O)c(C)n1-c1ccccc1C(F)(F)F. The lowest BCUT2D eigenvalue weighted by Gasteiger charge is -2.16. The minimum atomic E-state index is -4.52. The predicted octanol–water partition coefficient (Wildman–Crippen LogP) is 4.57. The van der Waals surface area contributed by atoms with Crippen molar-refractivity contribution >= 4 is 23.6 Å². The fourth-order valence-corrected chi connectivity index (χ4v) is 3.68. The minimum Gasteiger partial charge on any atom is -0.317 e. The lowest BCUT2D eigenvalue weighted by molar-refractivity contribution is -0.137. The lowest BCUT2D eigenvalue weighted by Crippen LogP contribution is -2.35. The van der Waals surface area contributed by atoms with E-state index in [0.29, 0.717) is 22.6 Å². The van der Waals surface area contributed by atoms with Gasteiger partial charge in [-0.2, -0.15) is 13.2 Å². The van der Waals surface area contributed by atoms with Gasteiger partial charge in [0.05, 0.1) is 16.9 Å². The van der Waals surface area contributed by atoms with Crippen LogP contribution >= 0.6 is 0 Å². The summed E-state index contributed by atoms with van der Waals surface area (Å²) in [7, 11) is 0. The van der Waals surface area contributed by atoms with Crippen LogP contribution < -0.4 is 10.4 Å². The highest BCUT2D eigenvalue weighted by molar-refractivity contribution is 6.31. The predicted molar refractivity (Wildman–Crippen MR) is 110 cm³/mol. The second kappa shape index (κ2) is 7.46. The molecule has 0 bridgehead atoms. The molecule has 0 radical (unpaired) electrons. The second-order valence-electron chi connectivity index (χ2n) is 7.15. The first-order valence-electron chi connectivity index (χ1n) is 9.46. The molecule has 2 heterocycles. The minimum absolute atomic E-state index is 0.0113. The van der Waals surface area contributed by atoms with Gasteiger partial charge in [-0.1, -0.05) is 30.3 Å². The summed E-state index contributed by atoms with van der Waals surface area (Å²) in [5, 5.41) is 1.15. The highest BCUT2D eigenvalue weighted by Crippen LogP contribution is 2.36. The average Bonchev–Trinajstić information content (AvgIpc) is 3.17. The number of rotatable bonds is 3. The molecule has 1 fully saturated rings. The molecule has 4 rings (SSSR count). The number of hydrazine groups is 1. The Morgan fingerprint density at radius 2 is 1.58 bits per heavy atom. The van der Waals surface area contributed by atoms with Crippen LogP contribution in [0.1, 0.15) is 22.5 Å². The summed E-state index contributed by atoms with van der Waals surface area (Å²) in [6.45, 7) is 3.33. The number of aromatic nitrogens is 1. The Morgan fingerprint density at radius 1 is 0.935 bits per heavy atom. The molecule has 5 nitrogen and oxygen atoms in total. The molecule has 0 saturated carbocycles. The number of para-hydroxylation sites is 2. The van der Waals surface area contributed by atoms with E-state index in [1.807, 2.05) is 0 Å². The fourth-order valence-electron chi connectivity index (χ4n) is 3.68. The maximum Gasteiger partial charge on any atom is 0.418 e. The van der Waals surface area contributed by atoms with Crippen molar-refractivity contribution in [1.82, 2.24) is 9.99 Å². The van der Waals surface area contributed by atoms with Gasteiger partial charge < -0.3 is 4.57 Å². The Labute approximate surface area is 176 Å². The zero-order chi connectivity index (χ0) is 22.3. The number of aryl methyl sites for hydroxylation is 1. The van der Waals surface area contributed by atoms with Crippen LogP contribution in [0.15, 0.2) is 66.2 Å². The molecule has 31 heavy (non-hydrogen) atoms. The highest BCUT2D eigenvalue weighted by Gasteiger charge is 2.36. The smallest absolute Gasteiger partial charge is 0.317 e.